The summed E-state index contributed by atoms with van der Waals surface area (Å²) in [6.07, 6.45) is 4.58. The molecular formula is C16H22. The molecule has 86 valence electrons. The molecule has 0 heterocycles. The number of aryl methyl sites for hydroxylation is 1. The van der Waals surface area contributed by atoms with Gasteiger partial charge in [-0.2, -0.15) is 0 Å². The average Bonchev–Trinajstić information content (AvgIpc) is 2.27. The summed E-state index contributed by atoms with van der Waals surface area (Å²) in [4.78, 5) is 0. The van der Waals surface area contributed by atoms with Crippen molar-refractivity contribution in [2.75, 3.05) is 0 Å². The highest BCUT2D eigenvalue weighted by molar-refractivity contribution is 5.61. The van der Waals surface area contributed by atoms with Gasteiger partial charge in [0, 0.05) is 0 Å². The molecule has 0 aliphatic carbocycles. The van der Waals surface area contributed by atoms with Crippen molar-refractivity contribution in [2.45, 2.75) is 39.5 Å². The van der Waals surface area contributed by atoms with Crippen molar-refractivity contribution >= 4 is 5.57 Å². The van der Waals surface area contributed by atoms with Gasteiger partial charge in [0.1, 0.15) is 0 Å². The van der Waals surface area contributed by atoms with Crippen LogP contribution in [0.15, 0.2) is 43.0 Å². The zero-order chi connectivity index (χ0) is 12.0. The Labute approximate surface area is 99.7 Å². The first-order valence-corrected chi connectivity index (χ1v) is 6.05. The maximum absolute atomic E-state index is 4.09. The molecule has 0 fully saturated rings. The summed E-state index contributed by atoms with van der Waals surface area (Å²) >= 11 is 0. The lowest BCUT2D eigenvalue weighted by Crippen LogP contribution is -1.89. The van der Waals surface area contributed by atoms with Gasteiger partial charge in [-0.15, -0.1) is 0 Å². The summed E-state index contributed by atoms with van der Waals surface area (Å²) in [5.41, 5.74) is 5.12. The molecule has 0 aromatic heterocycles. The zero-order valence-electron chi connectivity index (χ0n) is 10.6. The largest absolute Gasteiger partial charge is 0.0999 e. The quantitative estimate of drug-likeness (QED) is 0.584. The van der Waals surface area contributed by atoms with Gasteiger partial charge in [0.05, 0.1) is 0 Å². The van der Waals surface area contributed by atoms with Crippen molar-refractivity contribution in [1.82, 2.24) is 0 Å². The second kappa shape index (κ2) is 6.32. The van der Waals surface area contributed by atoms with E-state index < -0.39 is 0 Å². The molecule has 0 amide bonds. The maximum Gasteiger partial charge on any atom is -0.0233 e. The molecule has 1 aromatic carbocycles. The third kappa shape index (κ3) is 4.06. The number of allylic oxidation sites excluding steroid dienone is 2. The van der Waals surface area contributed by atoms with E-state index in [9.17, 15) is 0 Å². The molecular weight excluding hydrogens is 192 g/mol. The van der Waals surface area contributed by atoms with Crippen LogP contribution >= 0.6 is 0 Å². The lowest BCUT2D eigenvalue weighted by molar-refractivity contribution is 0.822. The molecule has 1 aromatic rings. The summed E-state index contributed by atoms with van der Waals surface area (Å²) in [5, 5.41) is 0. The fraction of sp³-hybridized carbons (Fsp3) is 0.375. The van der Waals surface area contributed by atoms with Gasteiger partial charge in [-0.3, -0.25) is 0 Å². The number of hydrogen-bond acceptors (Lipinski definition) is 0. The third-order valence-electron chi connectivity index (χ3n) is 2.82. The molecule has 1 rings (SSSR count). The second-order valence-corrected chi connectivity index (χ2v) is 4.48. The highest BCUT2D eigenvalue weighted by Crippen LogP contribution is 2.15. The SMILES string of the molecule is C=C(CCC)CCc1ccc(C(=C)C)cc1. The predicted molar refractivity (Wildman–Crippen MR) is 73.5 cm³/mol. The summed E-state index contributed by atoms with van der Waals surface area (Å²) in [7, 11) is 0. The molecule has 0 atom stereocenters. The van der Waals surface area contributed by atoms with Crippen molar-refractivity contribution in [2.24, 2.45) is 0 Å². The number of rotatable bonds is 6. The topological polar surface area (TPSA) is 0 Å². The van der Waals surface area contributed by atoms with E-state index >= 15 is 0 Å². The summed E-state index contributed by atoms with van der Waals surface area (Å²) in [6, 6.07) is 8.70. The van der Waals surface area contributed by atoms with Gasteiger partial charge in [-0.1, -0.05) is 61.9 Å². The van der Waals surface area contributed by atoms with Crippen LogP contribution in [0.1, 0.15) is 44.2 Å². The lowest BCUT2D eigenvalue weighted by Gasteiger charge is -2.05. The van der Waals surface area contributed by atoms with Crippen LogP contribution in [0.25, 0.3) is 5.57 Å². The number of hydrogen-bond donors (Lipinski definition) is 0. The summed E-state index contributed by atoms with van der Waals surface area (Å²) in [5.74, 6) is 0. The average molecular weight is 214 g/mol. The Hall–Kier alpha value is -1.30. The van der Waals surface area contributed by atoms with Crippen LogP contribution < -0.4 is 0 Å². The molecule has 0 radical (unpaired) electrons. The van der Waals surface area contributed by atoms with Crippen LogP contribution in [0.2, 0.25) is 0 Å². The fourth-order valence-electron chi connectivity index (χ4n) is 1.76. The summed E-state index contributed by atoms with van der Waals surface area (Å²) in [6.45, 7) is 12.3. The van der Waals surface area contributed by atoms with Crippen LogP contribution in [0, 0.1) is 0 Å². The first-order valence-electron chi connectivity index (χ1n) is 6.05. The Bertz CT molecular complexity index is 354. The van der Waals surface area contributed by atoms with E-state index in [1.54, 1.807) is 0 Å². The Balaban J connectivity index is 2.49. The molecule has 0 nitrogen and oxygen atoms in total. The van der Waals surface area contributed by atoms with Gasteiger partial charge < -0.3 is 0 Å². The lowest BCUT2D eigenvalue weighted by atomic mass is 10.0. The Morgan fingerprint density at radius 3 is 2.19 bits per heavy atom. The van der Waals surface area contributed by atoms with E-state index in [4.69, 9.17) is 0 Å². The molecule has 0 heteroatoms. The monoisotopic (exact) mass is 214 g/mol. The minimum absolute atomic E-state index is 1.11. The van der Waals surface area contributed by atoms with Crippen LogP contribution in [-0.2, 0) is 6.42 Å². The zero-order valence-corrected chi connectivity index (χ0v) is 10.6. The van der Waals surface area contributed by atoms with E-state index in [0.29, 0.717) is 0 Å². The summed E-state index contributed by atoms with van der Waals surface area (Å²) < 4.78 is 0. The van der Waals surface area contributed by atoms with E-state index in [2.05, 4.69) is 44.3 Å². The van der Waals surface area contributed by atoms with Gasteiger partial charge in [0.2, 0.25) is 0 Å². The molecule has 0 unspecified atom stereocenters. The Morgan fingerprint density at radius 2 is 1.69 bits per heavy atom. The molecule has 0 saturated carbocycles. The van der Waals surface area contributed by atoms with Crippen molar-refractivity contribution in [1.29, 1.82) is 0 Å². The van der Waals surface area contributed by atoms with Crippen LogP contribution in [0.3, 0.4) is 0 Å². The minimum Gasteiger partial charge on any atom is -0.0999 e. The van der Waals surface area contributed by atoms with Crippen LogP contribution in [-0.4, -0.2) is 0 Å². The minimum atomic E-state index is 1.11. The molecule has 0 N–H and O–H groups in total. The molecule has 0 spiro atoms. The maximum atomic E-state index is 4.09. The van der Waals surface area contributed by atoms with Gasteiger partial charge in [-0.25, -0.2) is 0 Å². The van der Waals surface area contributed by atoms with Gasteiger partial charge in [0.15, 0.2) is 0 Å². The third-order valence-corrected chi connectivity index (χ3v) is 2.82. The van der Waals surface area contributed by atoms with Crippen LogP contribution in [0.4, 0.5) is 0 Å². The van der Waals surface area contributed by atoms with Crippen LogP contribution in [0.5, 0.6) is 0 Å². The number of benzene rings is 1. The van der Waals surface area contributed by atoms with Gasteiger partial charge in [0.25, 0.3) is 0 Å². The molecule has 0 aliphatic rings. The smallest absolute Gasteiger partial charge is 0.0233 e. The molecule has 16 heavy (non-hydrogen) atoms. The van der Waals surface area contributed by atoms with Crippen molar-refractivity contribution in [3.05, 3.63) is 54.1 Å². The molecule has 0 aliphatic heterocycles. The Kier molecular flexibility index (Phi) is 5.04. The van der Waals surface area contributed by atoms with Crippen molar-refractivity contribution in [3.63, 3.8) is 0 Å². The first kappa shape index (κ1) is 12.8. The molecule has 0 bridgehead atoms. The van der Waals surface area contributed by atoms with Gasteiger partial charge in [-0.05, 0) is 37.3 Å². The predicted octanol–water partition coefficient (Wildman–Crippen LogP) is 5.01. The standard InChI is InChI=1S/C16H22/c1-5-6-14(4)7-8-15-9-11-16(12-10-15)13(2)3/h9-12H,2,4-8H2,1,3H3. The van der Waals surface area contributed by atoms with E-state index in [1.807, 2.05) is 6.92 Å². The highest BCUT2D eigenvalue weighted by atomic mass is 14.0. The second-order valence-electron chi connectivity index (χ2n) is 4.48. The van der Waals surface area contributed by atoms with Crippen molar-refractivity contribution < 1.29 is 0 Å². The molecule has 0 saturated heterocycles. The van der Waals surface area contributed by atoms with Gasteiger partial charge >= 0.3 is 0 Å². The highest BCUT2D eigenvalue weighted by Gasteiger charge is 1.97. The van der Waals surface area contributed by atoms with E-state index in [-0.39, 0.29) is 0 Å². The van der Waals surface area contributed by atoms with Crippen molar-refractivity contribution in [3.8, 4) is 0 Å². The van der Waals surface area contributed by atoms with E-state index in [1.165, 1.54) is 23.1 Å². The Morgan fingerprint density at radius 1 is 1.06 bits per heavy atom. The fourth-order valence-corrected chi connectivity index (χ4v) is 1.76. The van der Waals surface area contributed by atoms with E-state index in [0.717, 1.165) is 24.8 Å². The first-order chi connectivity index (χ1) is 7.63. The normalized spacial score (nSPS) is 10.1.